The average Bonchev–Trinajstić information content (AvgIpc) is 2.63. The van der Waals surface area contributed by atoms with Gasteiger partial charge < -0.3 is 4.98 Å². The Labute approximate surface area is 132 Å². The minimum Gasteiger partial charge on any atom is -0.305 e. The van der Waals surface area contributed by atoms with Gasteiger partial charge in [0.1, 0.15) is 5.69 Å². The smallest absolute Gasteiger partial charge is 0.259 e. The van der Waals surface area contributed by atoms with Gasteiger partial charge in [-0.25, -0.2) is 4.98 Å². The van der Waals surface area contributed by atoms with Gasteiger partial charge in [-0.1, -0.05) is 42.5 Å². The lowest BCUT2D eigenvalue weighted by Gasteiger charge is -2.05. The van der Waals surface area contributed by atoms with Crippen LogP contribution in [0.1, 0.15) is 0 Å². The van der Waals surface area contributed by atoms with Crippen LogP contribution in [0, 0.1) is 0 Å². The number of benzene rings is 2. The zero-order chi connectivity index (χ0) is 15.6. The van der Waals surface area contributed by atoms with E-state index in [4.69, 9.17) is 0 Å². The van der Waals surface area contributed by atoms with Gasteiger partial charge in [-0.05, 0) is 35.4 Å². The van der Waals surface area contributed by atoms with Gasteiger partial charge in [-0.3, -0.25) is 9.78 Å². The van der Waals surface area contributed by atoms with Gasteiger partial charge in [0.05, 0.1) is 10.9 Å². The van der Waals surface area contributed by atoms with Gasteiger partial charge in [-0.2, -0.15) is 0 Å². The minimum atomic E-state index is -0.159. The molecular formula is C19H13N3O. The topological polar surface area (TPSA) is 58.6 Å². The molecular weight excluding hydrogens is 286 g/mol. The number of aromatic amines is 1. The molecule has 0 aliphatic rings. The molecule has 0 aliphatic carbocycles. The van der Waals surface area contributed by atoms with Crippen molar-refractivity contribution in [1.29, 1.82) is 0 Å². The number of aromatic nitrogens is 3. The summed E-state index contributed by atoms with van der Waals surface area (Å²) in [7, 11) is 0. The van der Waals surface area contributed by atoms with E-state index in [0.29, 0.717) is 22.4 Å². The van der Waals surface area contributed by atoms with Gasteiger partial charge in [0.2, 0.25) is 0 Å². The second kappa shape index (κ2) is 5.50. The van der Waals surface area contributed by atoms with E-state index in [0.717, 1.165) is 11.1 Å². The van der Waals surface area contributed by atoms with Crippen molar-refractivity contribution < 1.29 is 0 Å². The summed E-state index contributed by atoms with van der Waals surface area (Å²) < 4.78 is 0. The Morgan fingerprint density at radius 2 is 1.65 bits per heavy atom. The van der Waals surface area contributed by atoms with Crippen LogP contribution in [0.15, 0.2) is 77.7 Å². The Kier molecular flexibility index (Phi) is 3.20. The molecule has 0 spiro atoms. The molecule has 0 aliphatic heterocycles. The van der Waals surface area contributed by atoms with Crippen LogP contribution >= 0.6 is 0 Å². The monoisotopic (exact) mass is 299 g/mol. The molecule has 2 aromatic heterocycles. The molecule has 0 atom stereocenters. The largest absolute Gasteiger partial charge is 0.305 e. The molecule has 4 rings (SSSR count). The summed E-state index contributed by atoms with van der Waals surface area (Å²) in [6.07, 6.45) is 1.68. The first-order valence-electron chi connectivity index (χ1n) is 7.32. The number of hydrogen-bond donors (Lipinski definition) is 1. The minimum absolute atomic E-state index is 0.159. The molecule has 0 amide bonds. The Bertz CT molecular complexity index is 1020. The second-order valence-electron chi connectivity index (χ2n) is 5.23. The lowest BCUT2D eigenvalue weighted by atomic mass is 10.0. The van der Waals surface area contributed by atoms with E-state index in [1.54, 1.807) is 6.20 Å². The lowest BCUT2D eigenvalue weighted by Crippen LogP contribution is -2.10. The maximum Gasteiger partial charge on any atom is 0.259 e. The number of fused-ring (bicyclic) bond motifs is 1. The fourth-order valence-electron chi connectivity index (χ4n) is 2.57. The predicted octanol–water partition coefficient (Wildman–Crippen LogP) is 3.65. The summed E-state index contributed by atoms with van der Waals surface area (Å²) in [6, 6.07) is 21.2. The molecule has 0 unspecified atom stereocenters. The molecule has 4 aromatic rings. The molecule has 1 N–H and O–H groups in total. The maximum atomic E-state index is 12.4. The molecule has 0 radical (unpaired) electrons. The second-order valence-corrected chi connectivity index (χ2v) is 5.23. The normalized spacial score (nSPS) is 10.8. The third kappa shape index (κ3) is 2.51. The number of nitrogens with one attached hydrogen (secondary N) is 1. The van der Waals surface area contributed by atoms with Crippen LogP contribution in [0.3, 0.4) is 0 Å². The van der Waals surface area contributed by atoms with E-state index in [1.165, 1.54) is 0 Å². The van der Waals surface area contributed by atoms with Crippen LogP contribution in [-0.2, 0) is 0 Å². The summed E-state index contributed by atoms with van der Waals surface area (Å²) in [5, 5.41) is 0.575. The summed E-state index contributed by atoms with van der Waals surface area (Å²) >= 11 is 0. The zero-order valence-corrected chi connectivity index (χ0v) is 12.2. The fraction of sp³-hybridized carbons (Fsp3) is 0. The number of pyridine rings is 1. The molecule has 4 nitrogen and oxygen atoms in total. The third-order valence-electron chi connectivity index (χ3n) is 3.72. The Morgan fingerprint density at radius 1 is 0.826 bits per heavy atom. The van der Waals surface area contributed by atoms with Crippen molar-refractivity contribution in [2.24, 2.45) is 0 Å². The van der Waals surface area contributed by atoms with Crippen molar-refractivity contribution in [2.75, 3.05) is 0 Å². The standard InChI is InChI=1S/C19H13N3O/c23-19-15-12-14(13-6-2-1-3-7-13)9-10-16(15)21-18(22-19)17-8-4-5-11-20-17/h1-12H,(H,21,22,23). The van der Waals surface area contributed by atoms with Crippen molar-refractivity contribution in [3.05, 3.63) is 83.3 Å². The quantitative estimate of drug-likeness (QED) is 0.614. The van der Waals surface area contributed by atoms with Gasteiger partial charge in [0.15, 0.2) is 5.82 Å². The molecule has 2 heterocycles. The first-order valence-corrected chi connectivity index (χ1v) is 7.32. The van der Waals surface area contributed by atoms with E-state index in [1.807, 2.05) is 66.7 Å². The molecule has 23 heavy (non-hydrogen) atoms. The summed E-state index contributed by atoms with van der Waals surface area (Å²) in [4.78, 5) is 24.0. The van der Waals surface area contributed by atoms with Crippen molar-refractivity contribution in [3.8, 4) is 22.6 Å². The van der Waals surface area contributed by atoms with E-state index < -0.39 is 0 Å². The number of hydrogen-bond acceptors (Lipinski definition) is 3. The van der Waals surface area contributed by atoms with Gasteiger partial charge in [0, 0.05) is 6.20 Å². The molecule has 2 aromatic carbocycles. The van der Waals surface area contributed by atoms with Gasteiger partial charge >= 0.3 is 0 Å². The molecule has 4 heteroatoms. The van der Waals surface area contributed by atoms with Gasteiger partial charge in [0.25, 0.3) is 5.56 Å². The molecule has 0 fully saturated rings. The molecule has 110 valence electrons. The Balaban J connectivity index is 1.88. The lowest BCUT2D eigenvalue weighted by molar-refractivity contribution is 1.14. The van der Waals surface area contributed by atoms with Crippen LogP contribution in [0.4, 0.5) is 0 Å². The fourth-order valence-corrected chi connectivity index (χ4v) is 2.57. The third-order valence-corrected chi connectivity index (χ3v) is 3.72. The van der Waals surface area contributed by atoms with Crippen LogP contribution < -0.4 is 5.56 Å². The number of H-pyrrole nitrogens is 1. The Morgan fingerprint density at radius 3 is 2.43 bits per heavy atom. The highest BCUT2D eigenvalue weighted by molar-refractivity contribution is 5.84. The predicted molar refractivity (Wildman–Crippen MR) is 91.0 cm³/mol. The first-order chi connectivity index (χ1) is 11.3. The van der Waals surface area contributed by atoms with Crippen molar-refractivity contribution in [3.63, 3.8) is 0 Å². The summed E-state index contributed by atoms with van der Waals surface area (Å²) in [5.74, 6) is 0.482. The van der Waals surface area contributed by atoms with Crippen LogP contribution in [0.2, 0.25) is 0 Å². The van der Waals surface area contributed by atoms with Crippen LogP contribution in [0.5, 0.6) is 0 Å². The van der Waals surface area contributed by atoms with Crippen molar-refractivity contribution >= 4 is 10.9 Å². The number of nitrogens with zero attached hydrogens (tertiary/aromatic N) is 2. The summed E-state index contributed by atoms with van der Waals surface area (Å²) in [6.45, 7) is 0. The molecule has 0 saturated heterocycles. The average molecular weight is 299 g/mol. The maximum absolute atomic E-state index is 12.4. The van der Waals surface area contributed by atoms with E-state index in [9.17, 15) is 4.79 Å². The highest BCUT2D eigenvalue weighted by Crippen LogP contribution is 2.22. The van der Waals surface area contributed by atoms with Crippen molar-refractivity contribution in [2.45, 2.75) is 0 Å². The van der Waals surface area contributed by atoms with Gasteiger partial charge in [-0.15, -0.1) is 0 Å². The van der Waals surface area contributed by atoms with Crippen LogP contribution in [0.25, 0.3) is 33.5 Å². The highest BCUT2D eigenvalue weighted by Gasteiger charge is 2.08. The van der Waals surface area contributed by atoms with Crippen LogP contribution in [-0.4, -0.2) is 15.0 Å². The van der Waals surface area contributed by atoms with Crippen molar-refractivity contribution in [1.82, 2.24) is 15.0 Å². The number of rotatable bonds is 2. The van der Waals surface area contributed by atoms with E-state index >= 15 is 0 Å². The van der Waals surface area contributed by atoms with E-state index in [2.05, 4.69) is 15.0 Å². The molecule has 0 bridgehead atoms. The zero-order valence-electron chi connectivity index (χ0n) is 12.2. The molecule has 0 saturated carbocycles. The first kappa shape index (κ1) is 13.4. The Hall–Kier alpha value is -3.27. The van der Waals surface area contributed by atoms with E-state index in [-0.39, 0.29) is 5.56 Å². The highest BCUT2D eigenvalue weighted by atomic mass is 16.1. The SMILES string of the molecule is O=c1[nH]c(-c2ccccn2)nc2ccc(-c3ccccc3)cc12. The summed E-state index contributed by atoms with van der Waals surface area (Å²) in [5.41, 5.74) is 3.22.